The first-order valence-corrected chi connectivity index (χ1v) is 4.21. The van der Waals surface area contributed by atoms with Gasteiger partial charge in [-0.2, -0.15) is 0 Å². The standard InChI is InChI=1S/C8H15NO2/c1-2-11-7-4-3-5-9-8(10)6-7/h7H,2-6H2,1H3,(H,9,10). The lowest BCUT2D eigenvalue weighted by Gasteiger charge is -2.11. The zero-order chi connectivity index (χ0) is 8.10. The van der Waals surface area contributed by atoms with Crippen LogP contribution in [-0.2, 0) is 9.53 Å². The molecule has 3 nitrogen and oxygen atoms in total. The highest BCUT2D eigenvalue weighted by atomic mass is 16.5. The van der Waals surface area contributed by atoms with Crippen LogP contribution >= 0.6 is 0 Å². The Morgan fingerprint density at radius 3 is 3.27 bits per heavy atom. The summed E-state index contributed by atoms with van der Waals surface area (Å²) in [4.78, 5) is 11.0. The summed E-state index contributed by atoms with van der Waals surface area (Å²) in [5.74, 6) is 0.126. The van der Waals surface area contributed by atoms with Crippen molar-refractivity contribution in [3.8, 4) is 0 Å². The van der Waals surface area contributed by atoms with E-state index in [1.165, 1.54) is 0 Å². The van der Waals surface area contributed by atoms with Crippen LogP contribution in [0.25, 0.3) is 0 Å². The van der Waals surface area contributed by atoms with Gasteiger partial charge >= 0.3 is 0 Å². The van der Waals surface area contributed by atoms with Crippen LogP contribution in [0.1, 0.15) is 26.2 Å². The van der Waals surface area contributed by atoms with Crippen LogP contribution < -0.4 is 5.32 Å². The molecule has 1 heterocycles. The minimum Gasteiger partial charge on any atom is -0.378 e. The SMILES string of the molecule is CCOC1CCCNC(=O)C1. The molecule has 1 aliphatic rings. The van der Waals surface area contributed by atoms with Gasteiger partial charge in [-0.3, -0.25) is 4.79 Å². The largest absolute Gasteiger partial charge is 0.378 e. The van der Waals surface area contributed by atoms with E-state index in [0.29, 0.717) is 13.0 Å². The molecule has 0 aromatic carbocycles. The smallest absolute Gasteiger partial charge is 0.222 e. The van der Waals surface area contributed by atoms with Crippen LogP contribution in [0.4, 0.5) is 0 Å². The molecule has 1 saturated heterocycles. The van der Waals surface area contributed by atoms with E-state index in [9.17, 15) is 4.79 Å². The quantitative estimate of drug-likeness (QED) is 0.640. The number of rotatable bonds is 2. The fourth-order valence-corrected chi connectivity index (χ4v) is 1.32. The molecular formula is C8H15NO2. The first-order valence-electron chi connectivity index (χ1n) is 4.21. The Balaban J connectivity index is 2.33. The lowest BCUT2D eigenvalue weighted by Crippen LogP contribution is -2.24. The van der Waals surface area contributed by atoms with Crippen molar-refractivity contribution in [3.63, 3.8) is 0 Å². The van der Waals surface area contributed by atoms with Crippen molar-refractivity contribution in [2.75, 3.05) is 13.2 Å². The highest BCUT2D eigenvalue weighted by Crippen LogP contribution is 2.09. The Hall–Kier alpha value is -0.570. The molecule has 1 unspecified atom stereocenters. The Bertz CT molecular complexity index is 136. The zero-order valence-corrected chi connectivity index (χ0v) is 6.93. The van der Waals surface area contributed by atoms with Crippen molar-refractivity contribution >= 4 is 5.91 Å². The number of hydrogen-bond donors (Lipinski definition) is 1. The van der Waals surface area contributed by atoms with E-state index in [-0.39, 0.29) is 12.0 Å². The molecule has 0 bridgehead atoms. The van der Waals surface area contributed by atoms with Gasteiger partial charge in [-0.25, -0.2) is 0 Å². The summed E-state index contributed by atoms with van der Waals surface area (Å²) < 4.78 is 5.37. The van der Waals surface area contributed by atoms with Gasteiger partial charge in [0.25, 0.3) is 0 Å². The Morgan fingerprint density at radius 1 is 1.73 bits per heavy atom. The number of ether oxygens (including phenoxy) is 1. The Kier molecular flexibility index (Phi) is 3.36. The molecule has 0 spiro atoms. The van der Waals surface area contributed by atoms with Crippen LogP contribution in [0.2, 0.25) is 0 Å². The van der Waals surface area contributed by atoms with E-state index in [2.05, 4.69) is 5.32 Å². The normalized spacial score (nSPS) is 25.9. The zero-order valence-electron chi connectivity index (χ0n) is 6.93. The van der Waals surface area contributed by atoms with Gasteiger partial charge in [0, 0.05) is 13.2 Å². The third-order valence-corrected chi connectivity index (χ3v) is 1.84. The van der Waals surface area contributed by atoms with E-state index in [1.807, 2.05) is 6.92 Å². The molecule has 1 atom stereocenters. The summed E-state index contributed by atoms with van der Waals surface area (Å²) in [5, 5.41) is 2.81. The fraction of sp³-hybridized carbons (Fsp3) is 0.875. The molecule has 3 heteroatoms. The Morgan fingerprint density at radius 2 is 2.55 bits per heavy atom. The first kappa shape index (κ1) is 8.53. The Labute approximate surface area is 67.1 Å². The first-order chi connectivity index (χ1) is 5.33. The number of nitrogens with one attached hydrogen (secondary N) is 1. The molecule has 1 rings (SSSR count). The van der Waals surface area contributed by atoms with Gasteiger partial charge in [0.2, 0.25) is 5.91 Å². The summed E-state index contributed by atoms with van der Waals surface area (Å²) in [6.45, 7) is 3.48. The highest BCUT2D eigenvalue weighted by Gasteiger charge is 2.16. The van der Waals surface area contributed by atoms with Crippen LogP contribution in [0.5, 0.6) is 0 Å². The summed E-state index contributed by atoms with van der Waals surface area (Å²) in [5.41, 5.74) is 0. The lowest BCUT2D eigenvalue weighted by molar-refractivity contribution is -0.123. The van der Waals surface area contributed by atoms with E-state index >= 15 is 0 Å². The summed E-state index contributed by atoms with van der Waals surface area (Å²) in [7, 11) is 0. The van der Waals surface area contributed by atoms with Gasteiger partial charge in [0.1, 0.15) is 0 Å². The maximum atomic E-state index is 11.0. The molecule has 64 valence electrons. The van der Waals surface area contributed by atoms with Crippen LogP contribution in [0.3, 0.4) is 0 Å². The van der Waals surface area contributed by atoms with E-state index in [0.717, 1.165) is 19.4 Å². The molecule has 1 fully saturated rings. The predicted octanol–water partition coefficient (Wildman–Crippen LogP) is 0.692. The monoisotopic (exact) mass is 157 g/mol. The maximum Gasteiger partial charge on any atom is 0.222 e. The fourth-order valence-electron chi connectivity index (χ4n) is 1.32. The second-order valence-corrected chi connectivity index (χ2v) is 2.77. The second-order valence-electron chi connectivity index (χ2n) is 2.77. The minimum atomic E-state index is 0.126. The number of hydrogen-bond acceptors (Lipinski definition) is 2. The molecule has 11 heavy (non-hydrogen) atoms. The summed E-state index contributed by atoms with van der Waals surface area (Å²) in [6, 6.07) is 0. The molecule has 1 amide bonds. The molecular weight excluding hydrogens is 142 g/mol. The van der Waals surface area contributed by atoms with Crippen molar-refractivity contribution in [2.24, 2.45) is 0 Å². The maximum absolute atomic E-state index is 11.0. The average Bonchev–Trinajstić information content (AvgIpc) is 2.15. The predicted molar refractivity (Wildman–Crippen MR) is 42.3 cm³/mol. The van der Waals surface area contributed by atoms with Crippen LogP contribution in [0.15, 0.2) is 0 Å². The third kappa shape index (κ3) is 2.89. The van der Waals surface area contributed by atoms with E-state index in [1.54, 1.807) is 0 Å². The van der Waals surface area contributed by atoms with Gasteiger partial charge in [-0.05, 0) is 19.8 Å². The van der Waals surface area contributed by atoms with E-state index in [4.69, 9.17) is 4.74 Å². The number of amides is 1. The van der Waals surface area contributed by atoms with Crippen molar-refractivity contribution < 1.29 is 9.53 Å². The summed E-state index contributed by atoms with van der Waals surface area (Å²) >= 11 is 0. The minimum absolute atomic E-state index is 0.126. The van der Waals surface area contributed by atoms with Gasteiger partial charge in [-0.15, -0.1) is 0 Å². The average molecular weight is 157 g/mol. The van der Waals surface area contributed by atoms with Crippen LogP contribution in [-0.4, -0.2) is 25.2 Å². The number of carbonyl (C=O) groups is 1. The summed E-state index contributed by atoms with van der Waals surface area (Å²) in [6.07, 6.45) is 2.74. The van der Waals surface area contributed by atoms with Gasteiger partial charge in [0.05, 0.1) is 12.5 Å². The molecule has 1 N–H and O–H groups in total. The van der Waals surface area contributed by atoms with Gasteiger partial charge in [-0.1, -0.05) is 0 Å². The highest BCUT2D eigenvalue weighted by molar-refractivity contribution is 5.76. The lowest BCUT2D eigenvalue weighted by atomic mass is 10.1. The number of carbonyl (C=O) groups excluding carboxylic acids is 1. The van der Waals surface area contributed by atoms with Crippen molar-refractivity contribution in [1.82, 2.24) is 5.32 Å². The molecule has 1 aliphatic heterocycles. The van der Waals surface area contributed by atoms with E-state index < -0.39 is 0 Å². The van der Waals surface area contributed by atoms with Gasteiger partial charge < -0.3 is 10.1 Å². The van der Waals surface area contributed by atoms with Gasteiger partial charge in [0.15, 0.2) is 0 Å². The molecule has 0 aliphatic carbocycles. The third-order valence-electron chi connectivity index (χ3n) is 1.84. The van der Waals surface area contributed by atoms with Crippen molar-refractivity contribution in [1.29, 1.82) is 0 Å². The second kappa shape index (κ2) is 4.34. The topological polar surface area (TPSA) is 38.3 Å². The molecule has 0 aromatic rings. The van der Waals surface area contributed by atoms with Crippen LogP contribution in [0, 0.1) is 0 Å². The molecule has 0 radical (unpaired) electrons. The van der Waals surface area contributed by atoms with Crippen molar-refractivity contribution in [3.05, 3.63) is 0 Å². The van der Waals surface area contributed by atoms with Crippen molar-refractivity contribution in [2.45, 2.75) is 32.3 Å². The molecule has 0 saturated carbocycles. The molecule has 0 aromatic heterocycles.